The Morgan fingerprint density at radius 3 is 1.98 bits per heavy atom. The second-order valence-electron chi connectivity index (χ2n) is 13.2. The maximum absolute atomic E-state index is 13.6. The molecule has 0 spiro atoms. The Morgan fingerprint density at radius 2 is 1.41 bits per heavy atom. The van der Waals surface area contributed by atoms with E-state index in [9.17, 15) is 27.9 Å². The van der Waals surface area contributed by atoms with Gasteiger partial charge >= 0.3 is 0 Å². The quantitative estimate of drug-likeness (QED) is 0.150. The summed E-state index contributed by atoms with van der Waals surface area (Å²) in [6.45, 7) is 9.58. The zero-order valence-corrected chi connectivity index (χ0v) is 30.6. The third kappa shape index (κ3) is 11.9. The van der Waals surface area contributed by atoms with Crippen molar-refractivity contribution in [2.24, 2.45) is 17.8 Å². The fraction of sp³-hybridized carbons (Fsp3) is 0.432. The highest BCUT2D eigenvalue weighted by molar-refractivity contribution is 7.92. The van der Waals surface area contributed by atoms with Crippen LogP contribution in [0, 0.1) is 17.8 Å². The number of anilines is 1. The van der Waals surface area contributed by atoms with Gasteiger partial charge in [-0.15, -0.1) is 0 Å². The predicted molar refractivity (Wildman–Crippen MR) is 194 cm³/mol. The van der Waals surface area contributed by atoms with Gasteiger partial charge in [0, 0.05) is 19.5 Å². The molecule has 4 N–H and O–H groups in total. The molecule has 0 unspecified atom stereocenters. The third-order valence-electron chi connectivity index (χ3n) is 8.27. The molecule has 266 valence electrons. The smallest absolute Gasteiger partial charge is 0.253 e. The number of aliphatic hydroxyl groups excluding tert-OH is 1. The number of benzene rings is 3. The van der Waals surface area contributed by atoms with E-state index in [0.29, 0.717) is 18.5 Å². The van der Waals surface area contributed by atoms with Crippen molar-refractivity contribution in [3.63, 3.8) is 0 Å². The number of aliphatic hydroxyl groups is 1. The Morgan fingerprint density at radius 1 is 0.816 bits per heavy atom. The lowest BCUT2D eigenvalue weighted by atomic mass is 9.91. The van der Waals surface area contributed by atoms with Gasteiger partial charge in [0.15, 0.2) is 0 Å². The lowest BCUT2D eigenvalue weighted by molar-refractivity contribution is -0.132. The van der Waals surface area contributed by atoms with E-state index in [1.54, 1.807) is 37.3 Å². The van der Waals surface area contributed by atoms with E-state index in [2.05, 4.69) is 16.0 Å². The van der Waals surface area contributed by atoms with Crippen LogP contribution in [0.2, 0.25) is 5.02 Å². The maximum atomic E-state index is 13.6. The number of hydrogen-bond acceptors (Lipinski definition) is 6. The number of nitrogens with zero attached hydrogens (tertiary/aromatic N) is 1. The number of carbonyl (C=O) groups is 3. The van der Waals surface area contributed by atoms with Crippen LogP contribution in [-0.4, -0.2) is 56.5 Å². The first kappa shape index (κ1) is 39.5. The van der Waals surface area contributed by atoms with E-state index in [4.69, 9.17) is 11.6 Å². The summed E-state index contributed by atoms with van der Waals surface area (Å²) in [7, 11) is -2.36. The van der Waals surface area contributed by atoms with E-state index in [1.165, 1.54) is 25.2 Å². The molecule has 12 heteroatoms. The first-order valence-electron chi connectivity index (χ1n) is 16.5. The van der Waals surface area contributed by atoms with Gasteiger partial charge in [-0.25, -0.2) is 8.42 Å². The summed E-state index contributed by atoms with van der Waals surface area (Å²) in [6, 6.07) is 21.1. The van der Waals surface area contributed by atoms with Gasteiger partial charge in [0.25, 0.3) is 5.91 Å². The highest BCUT2D eigenvalue weighted by Gasteiger charge is 2.31. The Kier molecular flexibility index (Phi) is 14.7. The molecular formula is C37H49ClN4O6S. The molecule has 0 aliphatic heterocycles. The van der Waals surface area contributed by atoms with Crippen LogP contribution in [0.5, 0.6) is 0 Å². The van der Waals surface area contributed by atoms with E-state index in [1.807, 2.05) is 58.0 Å². The molecule has 3 amide bonds. The second kappa shape index (κ2) is 18.2. The SMILES string of the molecule is CC(C)C[C@H](NC(=O)c1cc(N(C)S(=O)(=O)Cc2ccccc2)ccc1Cl)[C@@H](O)C[C@@H](C)C(=O)N[C@H](C(=O)NCc1ccccc1)C(C)C. The van der Waals surface area contributed by atoms with Gasteiger partial charge in [0.1, 0.15) is 6.04 Å². The number of sulfonamides is 1. The van der Waals surface area contributed by atoms with Crippen molar-refractivity contribution in [2.45, 2.75) is 77.9 Å². The molecule has 10 nitrogen and oxygen atoms in total. The van der Waals surface area contributed by atoms with Gasteiger partial charge in [-0.2, -0.15) is 0 Å². The van der Waals surface area contributed by atoms with E-state index >= 15 is 0 Å². The Balaban J connectivity index is 1.68. The van der Waals surface area contributed by atoms with Gasteiger partial charge in [-0.05, 0) is 54.0 Å². The van der Waals surface area contributed by atoms with Gasteiger partial charge in [-0.1, -0.05) is 107 Å². The molecule has 3 aromatic carbocycles. The van der Waals surface area contributed by atoms with E-state index in [-0.39, 0.29) is 46.2 Å². The summed E-state index contributed by atoms with van der Waals surface area (Å²) in [4.78, 5) is 39.8. The Labute approximate surface area is 295 Å². The molecular weight excluding hydrogens is 664 g/mol. The van der Waals surface area contributed by atoms with Gasteiger partial charge in [-0.3, -0.25) is 18.7 Å². The zero-order chi connectivity index (χ0) is 36.3. The largest absolute Gasteiger partial charge is 0.391 e. The van der Waals surface area contributed by atoms with Crippen LogP contribution >= 0.6 is 11.6 Å². The summed E-state index contributed by atoms with van der Waals surface area (Å²) in [6.07, 6.45) is -0.679. The van der Waals surface area contributed by atoms with Crippen LogP contribution in [0.15, 0.2) is 78.9 Å². The molecule has 4 atom stereocenters. The van der Waals surface area contributed by atoms with Crippen LogP contribution in [0.1, 0.15) is 68.9 Å². The molecule has 0 saturated carbocycles. The molecule has 0 heterocycles. The fourth-order valence-electron chi connectivity index (χ4n) is 5.35. The van der Waals surface area contributed by atoms with Crippen molar-refractivity contribution >= 4 is 45.0 Å². The fourth-order valence-corrected chi connectivity index (χ4v) is 6.80. The molecule has 0 radical (unpaired) electrons. The van der Waals surface area contributed by atoms with Gasteiger partial charge in [0.2, 0.25) is 21.8 Å². The van der Waals surface area contributed by atoms with E-state index < -0.39 is 45.9 Å². The Hall–Kier alpha value is -3.93. The molecule has 0 fully saturated rings. The van der Waals surface area contributed by atoms with Crippen molar-refractivity contribution in [3.8, 4) is 0 Å². The molecule has 49 heavy (non-hydrogen) atoms. The van der Waals surface area contributed by atoms with Crippen molar-refractivity contribution in [3.05, 3.63) is 101 Å². The predicted octanol–water partition coefficient (Wildman–Crippen LogP) is 5.30. The molecule has 0 saturated heterocycles. The summed E-state index contributed by atoms with van der Waals surface area (Å²) in [5.74, 6) is -2.28. The van der Waals surface area contributed by atoms with Gasteiger partial charge < -0.3 is 21.1 Å². The minimum absolute atomic E-state index is 0.0220. The highest BCUT2D eigenvalue weighted by Crippen LogP contribution is 2.26. The summed E-state index contributed by atoms with van der Waals surface area (Å²) in [5.41, 5.74) is 1.87. The minimum Gasteiger partial charge on any atom is -0.391 e. The van der Waals surface area contributed by atoms with Crippen LogP contribution in [0.25, 0.3) is 0 Å². The van der Waals surface area contributed by atoms with E-state index in [0.717, 1.165) is 9.87 Å². The number of amides is 3. The molecule has 0 aliphatic rings. The normalized spacial score (nSPS) is 14.1. The average Bonchev–Trinajstić information content (AvgIpc) is 3.05. The number of carbonyl (C=O) groups excluding carboxylic acids is 3. The summed E-state index contributed by atoms with van der Waals surface area (Å²) >= 11 is 6.41. The van der Waals surface area contributed by atoms with Crippen LogP contribution in [-0.2, 0) is 31.9 Å². The molecule has 0 bridgehead atoms. The van der Waals surface area contributed by atoms with Crippen molar-refractivity contribution in [2.75, 3.05) is 11.4 Å². The highest BCUT2D eigenvalue weighted by atomic mass is 35.5. The van der Waals surface area contributed by atoms with Crippen molar-refractivity contribution in [1.29, 1.82) is 0 Å². The van der Waals surface area contributed by atoms with Gasteiger partial charge in [0.05, 0.1) is 34.2 Å². The van der Waals surface area contributed by atoms with Crippen LogP contribution in [0.3, 0.4) is 0 Å². The lowest BCUT2D eigenvalue weighted by Gasteiger charge is -2.29. The van der Waals surface area contributed by atoms with Crippen molar-refractivity contribution < 1.29 is 27.9 Å². The lowest BCUT2D eigenvalue weighted by Crippen LogP contribution is -2.51. The number of nitrogens with one attached hydrogen (secondary N) is 3. The summed E-state index contributed by atoms with van der Waals surface area (Å²) < 4.78 is 27.4. The molecule has 3 aromatic rings. The standard InChI is InChI=1S/C37H49ClN4O6S/c1-24(2)19-32(33(43)20-26(5)35(44)41-34(25(3)4)37(46)39-22-27-13-9-7-10-14-27)40-36(45)30-21-29(17-18-31(30)38)42(6)49(47,48)23-28-15-11-8-12-16-28/h7-18,21,24-26,32-34,43H,19-20,22-23H2,1-6H3,(H,39,46)(H,40,45)(H,41,44)/t26-,32+,33+,34+/m1/s1. The number of hydrogen-bond donors (Lipinski definition) is 4. The Bertz CT molecular complexity index is 1650. The maximum Gasteiger partial charge on any atom is 0.253 e. The number of halogens is 1. The first-order valence-corrected chi connectivity index (χ1v) is 18.5. The average molecular weight is 713 g/mol. The molecule has 0 aromatic heterocycles. The zero-order valence-electron chi connectivity index (χ0n) is 29.0. The monoisotopic (exact) mass is 712 g/mol. The van der Waals surface area contributed by atoms with Crippen LogP contribution < -0.4 is 20.3 Å². The summed E-state index contributed by atoms with van der Waals surface area (Å²) in [5, 5.41) is 20.0. The third-order valence-corrected chi connectivity index (χ3v) is 10.3. The second-order valence-corrected chi connectivity index (χ2v) is 15.6. The molecule has 0 aliphatic carbocycles. The molecule has 3 rings (SSSR count). The topological polar surface area (TPSA) is 145 Å². The van der Waals surface area contributed by atoms with Crippen LogP contribution in [0.4, 0.5) is 5.69 Å². The number of rotatable bonds is 17. The minimum atomic E-state index is -3.78. The van der Waals surface area contributed by atoms with Crippen molar-refractivity contribution in [1.82, 2.24) is 16.0 Å². The first-order chi connectivity index (χ1) is 23.1.